The Balaban J connectivity index is 1.66. The molecule has 0 bridgehead atoms. The van der Waals surface area contributed by atoms with Crippen LogP contribution in [-0.4, -0.2) is 56.5 Å². The predicted molar refractivity (Wildman–Crippen MR) is 128 cm³/mol. The van der Waals surface area contributed by atoms with Gasteiger partial charge in [0.05, 0.1) is 53.9 Å². The number of benzene rings is 2. The molecule has 7 nitrogen and oxygen atoms in total. The van der Waals surface area contributed by atoms with Gasteiger partial charge in [-0.15, -0.1) is 0 Å². The number of fused-ring (bicyclic) bond motifs is 1. The number of anilines is 1. The van der Waals surface area contributed by atoms with Crippen LogP contribution in [-0.2, 0) is 21.1 Å². The van der Waals surface area contributed by atoms with Crippen molar-refractivity contribution in [2.45, 2.75) is 17.7 Å². The average Bonchev–Trinajstić information content (AvgIpc) is 3.19. The minimum Gasteiger partial charge on any atom is -0.493 e. The van der Waals surface area contributed by atoms with Gasteiger partial charge in [0.1, 0.15) is 0 Å². The van der Waals surface area contributed by atoms with E-state index in [-0.39, 0.29) is 29.1 Å². The van der Waals surface area contributed by atoms with Gasteiger partial charge in [0.15, 0.2) is 26.5 Å². The van der Waals surface area contributed by atoms with Crippen LogP contribution in [0.3, 0.4) is 0 Å². The molecular weight excluding hydrogens is 495 g/mol. The Labute approximate surface area is 200 Å². The lowest BCUT2D eigenvalue weighted by molar-refractivity contribution is -0.117. The lowest BCUT2D eigenvalue weighted by atomic mass is 10.1. The van der Waals surface area contributed by atoms with E-state index in [1.807, 2.05) is 0 Å². The molecule has 2 aliphatic heterocycles. The molecule has 0 aliphatic carbocycles. The Hall–Kier alpha value is -1.94. The summed E-state index contributed by atoms with van der Waals surface area (Å²) in [7, 11) is -0.137. The number of rotatable bonds is 5. The van der Waals surface area contributed by atoms with Crippen LogP contribution in [0.15, 0.2) is 41.4 Å². The number of carbonyl (C=O) groups excluding carboxylic acids is 1. The van der Waals surface area contributed by atoms with E-state index in [9.17, 15) is 13.2 Å². The fraction of sp³-hybridized carbons (Fsp3) is 0.333. The summed E-state index contributed by atoms with van der Waals surface area (Å²) >= 11 is 14.1. The highest BCUT2D eigenvalue weighted by Gasteiger charge is 2.50. The number of aliphatic imine (C=N–C) groups is 1. The first-order chi connectivity index (χ1) is 15.2. The molecule has 0 radical (unpaired) electrons. The molecule has 0 N–H and O–H groups in total. The molecule has 0 saturated carbocycles. The van der Waals surface area contributed by atoms with E-state index in [1.54, 1.807) is 41.3 Å². The maximum Gasteiger partial charge on any atom is 0.252 e. The third-order valence-electron chi connectivity index (χ3n) is 5.27. The first-order valence-electron chi connectivity index (χ1n) is 9.65. The molecule has 2 atom stereocenters. The second kappa shape index (κ2) is 9.13. The van der Waals surface area contributed by atoms with Crippen molar-refractivity contribution < 1.29 is 22.7 Å². The first kappa shape index (κ1) is 23.2. The summed E-state index contributed by atoms with van der Waals surface area (Å²) in [5.41, 5.74) is 1.18. The molecule has 2 aromatic carbocycles. The number of amidine groups is 1. The number of nitrogens with zero attached hydrogens (tertiary/aromatic N) is 2. The summed E-state index contributed by atoms with van der Waals surface area (Å²) < 4.78 is 35.0. The lowest BCUT2D eigenvalue weighted by Crippen LogP contribution is -2.38. The van der Waals surface area contributed by atoms with E-state index < -0.39 is 15.9 Å². The monoisotopic (exact) mass is 514 g/mol. The van der Waals surface area contributed by atoms with Crippen LogP contribution >= 0.6 is 35.0 Å². The fourth-order valence-corrected chi connectivity index (χ4v) is 8.35. The normalized spacial score (nSPS) is 22.8. The number of halogens is 2. The lowest BCUT2D eigenvalue weighted by Gasteiger charge is -2.26. The molecule has 1 amide bonds. The van der Waals surface area contributed by atoms with Crippen molar-refractivity contribution in [3.8, 4) is 11.5 Å². The third-order valence-corrected chi connectivity index (χ3v) is 9.09. The van der Waals surface area contributed by atoms with Gasteiger partial charge in [-0.3, -0.25) is 4.79 Å². The van der Waals surface area contributed by atoms with Crippen molar-refractivity contribution in [2.75, 3.05) is 30.6 Å². The van der Waals surface area contributed by atoms with E-state index in [2.05, 4.69) is 4.99 Å². The van der Waals surface area contributed by atoms with Gasteiger partial charge in [-0.1, -0.05) is 47.1 Å². The molecule has 2 heterocycles. The summed E-state index contributed by atoms with van der Waals surface area (Å²) in [6.45, 7) is 0. The molecule has 2 aliphatic rings. The summed E-state index contributed by atoms with van der Waals surface area (Å²) in [6, 6.07) is 9.88. The SMILES string of the molecule is COc1ccc(CC(=O)N=C2S[C@H]3CS(=O)(=O)C[C@H]3N2c2c(Cl)cccc2Cl)cc1OC. The number of methoxy groups -OCH3 is 2. The van der Waals surface area contributed by atoms with Gasteiger partial charge < -0.3 is 14.4 Å². The quantitative estimate of drug-likeness (QED) is 0.598. The molecule has 32 heavy (non-hydrogen) atoms. The van der Waals surface area contributed by atoms with Gasteiger partial charge in [-0.05, 0) is 29.8 Å². The summed E-state index contributed by atoms with van der Waals surface area (Å²) in [5.74, 6) is 0.675. The molecule has 2 saturated heterocycles. The Bertz CT molecular complexity index is 1180. The second-order valence-electron chi connectivity index (χ2n) is 7.40. The summed E-state index contributed by atoms with van der Waals surface area (Å²) in [5, 5.41) is 0.876. The van der Waals surface area contributed by atoms with Gasteiger partial charge in [-0.2, -0.15) is 4.99 Å². The topological polar surface area (TPSA) is 85.3 Å². The fourth-order valence-electron chi connectivity index (χ4n) is 3.86. The summed E-state index contributed by atoms with van der Waals surface area (Å²) in [4.78, 5) is 18.9. The van der Waals surface area contributed by atoms with E-state index in [4.69, 9.17) is 32.7 Å². The predicted octanol–water partition coefficient (Wildman–Crippen LogP) is 3.85. The molecule has 4 rings (SSSR count). The van der Waals surface area contributed by atoms with Crippen molar-refractivity contribution in [2.24, 2.45) is 4.99 Å². The number of carbonyl (C=O) groups is 1. The minimum absolute atomic E-state index is 0.0177. The van der Waals surface area contributed by atoms with Crippen molar-refractivity contribution in [3.63, 3.8) is 0 Å². The largest absolute Gasteiger partial charge is 0.493 e. The molecule has 0 aromatic heterocycles. The Morgan fingerprint density at radius 1 is 1.12 bits per heavy atom. The molecule has 0 spiro atoms. The number of thioether (sulfide) groups is 1. The van der Waals surface area contributed by atoms with Crippen molar-refractivity contribution in [3.05, 3.63) is 52.0 Å². The molecule has 0 unspecified atom stereocenters. The smallest absolute Gasteiger partial charge is 0.252 e. The zero-order valence-electron chi connectivity index (χ0n) is 17.2. The van der Waals surface area contributed by atoms with Gasteiger partial charge in [-0.25, -0.2) is 8.42 Å². The molecule has 2 fully saturated rings. The van der Waals surface area contributed by atoms with Crippen LogP contribution in [0.25, 0.3) is 0 Å². The number of ether oxygens (including phenoxy) is 2. The average molecular weight is 515 g/mol. The highest BCUT2D eigenvalue weighted by Crippen LogP contribution is 2.45. The van der Waals surface area contributed by atoms with E-state index in [1.165, 1.54) is 26.0 Å². The standard InChI is InChI=1S/C21H20Cl2N2O5S2/c1-29-16-7-6-12(8-17(16)30-2)9-19(26)24-21-25(20-13(22)4-3-5-14(20)23)15-10-32(27,28)11-18(15)31-21/h3-8,15,18H,9-11H2,1-2H3/t15-,18+/m1/s1. The van der Waals surface area contributed by atoms with Crippen molar-refractivity contribution in [1.82, 2.24) is 0 Å². The molecule has 2 aromatic rings. The van der Waals surface area contributed by atoms with Crippen molar-refractivity contribution >= 4 is 61.6 Å². The highest BCUT2D eigenvalue weighted by atomic mass is 35.5. The van der Waals surface area contributed by atoms with Crippen LogP contribution < -0.4 is 14.4 Å². The minimum atomic E-state index is -3.20. The van der Waals surface area contributed by atoms with Crippen LogP contribution in [0, 0.1) is 0 Å². The van der Waals surface area contributed by atoms with Gasteiger partial charge in [0.25, 0.3) is 5.91 Å². The number of amides is 1. The highest BCUT2D eigenvalue weighted by molar-refractivity contribution is 8.16. The van der Waals surface area contributed by atoms with E-state index >= 15 is 0 Å². The van der Waals surface area contributed by atoms with E-state index in [0.717, 1.165) is 0 Å². The Morgan fingerprint density at radius 3 is 2.47 bits per heavy atom. The zero-order valence-corrected chi connectivity index (χ0v) is 20.4. The number of para-hydroxylation sites is 1. The molecular formula is C21H20Cl2N2O5S2. The second-order valence-corrected chi connectivity index (χ2v) is 11.6. The number of hydrogen-bond donors (Lipinski definition) is 0. The van der Waals surface area contributed by atoms with E-state index in [0.29, 0.717) is 38.0 Å². The first-order valence-corrected chi connectivity index (χ1v) is 13.1. The maximum absolute atomic E-state index is 12.8. The number of hydrogen-bond acceptors (Lipinski definition) is 6. The van der Waals surface area contributed by atoms with Crippen molar-refractivity contribution in [1.29, 1.82) is 0 Å². The zero-order chi connectivity index (χ0) is 23.0. The van der Waals surface area contributed by atoms with Crippen LogP contribution in [0.1, 0.15) is 5.56 Å². The Morgan fingerprint density at radius 2 is 1.81 bits per heavy atom. The summed E-state index contributed by atoms with van der Waals surface area (Å²) in [6.07, 6.45) is 0.0438. The van der Waals surface area contributed by atoms with Crippen LogP contribution in [0.4, 0.5) is 5.69 Å². The number of sulfone groups is 1. The van der Waals surface area contributed by atoms with Crippen LogP contribution in [0.2, 0.25) is 10.0 Å². The molecule has 170 valence electrons. The Kier molecular flexibility index (Phi) is 6.63. The molecule has 11 heteroatoms. The van der Waals surface area contributed by atoms with Crippen LogP contribution in [0.5, 0.6) is 11.5 Å². The van der Waals surface area contributed by atoms with Gasteiger partial charge >= 0.3 is 0 Å². The third kappa shape index (κ3) is 4.57. The van der Waals surface area contributed by atoms with Gasteiger partial charge in [0, 0.05) is 5.25 Å². The maximum atomic E-state index is 12.8. The van der Waals surface area contributed by atoms with Gasteiger partial charge in [0.2, 0.25) is 0 Å².